The van der Waals surface area contributed by atoms with E-state index in [9.17, 15) is 9.59 Å². The van der Waals surface area contributed by atoms with E-state index in [1.807, 2.05) is 31.2 Å². The second-order valence-corrected chi connectivity index (χ2v) is 5.76. The molecule has 0 unspecified atom stereocenters. The van der Waals surface area contributed by atoms with Crippen molar-refractivity contribution in [2.75, 3.05) is 39.5 Å². The van der Waals surface area contributed by atoms with Crippen LogP contribution < -0.4 is 0 Å². The molecular formula is C19H29NO5. The molecule has 25 heavy (non-hydrogen) atoms. The molecule has 0 saturated carbocycles. The molecule has 0 radical (unpaired) electrons. The lowest BCUT2D eigenvalue weighted by molar-refractivity contribution is -0.144. The van der Waals surface area contributed by atoms with E-state index in [1.54, 1.807) is 11.8 Å². The molecule has 6 heteroatoms. The maximum Gasteiger partial charge on any atom is 0.307 e. The van der Waals surface area contributed by atoms with Crippen LogP contribution in [0.4, 0.5) is 0 Å². The summed E-state index contributed by atoms with van der Waals surface area (Å²) < 4.78 is 10.1. The Labute approximate surface area is 149 Å². The van der Waals surface area contributed by atoms with Crippen molar-refractivity contribution < 1.29 is 24.2 Å². The summed E-state index contributed by atoms with van der Waals surface area (Å²) in [4.78, 5) is 25.6. The van der Waals surface area contributed by atoms with Crippen LogP contribution in [0.1, 0.15) is 30.9 Å². The van der Waals surface area contributed by atoms with E-state index >= 15 is 0 Å². The number of hydrogen-bond donors (Lipinski definition) is 1. The molecule has 0 aliphatic carbocycles. The smallest absolute Gasteiger partial charge is 0.307 e. The number of ether oxygens (including phenoxy) is 2. The van der Waals surface area contributed by atoms with Gasteiger partial charge in [-0.2, -0.15) is 0 Å². The number of rotatable bonds is 12. The molecule has 1 rings (SSSR count). The Morgan fingerprint density at radius 1 is 1.08 bits per heavy atom. The SMILES string of the molecule is CCOC(=O)CCN(CCOCCO)C(=O)CCc1ccc(C)cc1. The average molecular weight is 351 g/mol. The van der Waals surface area contributed by atoms with Crippen molar-refractivity contribution in [2.24, 2.45) is 0 Å². The van der Waals surface area contributed by atoms with Gasteiger partial charge >= 0.3 is 5.97 Å². The van der Waals surface area contributed by atoms with Gasteiger partial charge in [-0.25, -0.2) is 0 Å². The normalized spacial score (nSPS) is 10.5. The van der Waals surface area contributed by atoms with Crippen molar-refractivity contribution in [3.8, 4) is 0 Å². The predicted octanol–water partition coefficient (Wildman–Crippen LogP) is 1.72. The molecule has 0 atom stereocenters. The average Bonchev–Trinajstić information content (AvgIpc) is 2.60. The van der Waals surface area contributed by atoms with Crippen LogP contribution >= 0.6 is 0 Å². The maximum absolute atomic E-state index is 12.5. The van der Waals surface area contributed by atoms with Crippen molar-refractivity contribution in [1.82, 2.24) is 4.90 Å². The first kappa shape index (κ1) is 21.1. The molecule has 0 saturated heterocycles. The van der Waals surface area contributed by atoms with Crippen molar-refractivity contribution in [3.05, 3.63) is 35.4 Å². The Morgan fingerprint density at radius 2 is 1.80 bits per heavy atom. The Bertz CT molecular complexity index is 515. The van der Waals surface area contributed by atoms with Gasteiger partial charge in [-0.1, -0.05) is 29.8 Å². The van der Waals surface area contributed by atoms with Crippen molar-refractivity contribution in [2.45, 2.75) is 33.1 Å². The highest BCUT2D eigenvalue weighted by molar-refractivity contribution is 5.77. The van der Waals surface area contributed by atoms with Crippen LogP contribution in [0.25, 0.3) is 0 Å². The summed E-state index contributed by atoms with van der Waals surface area (Å²) in [7, 11) is 0. The number of aliphatic hydroxyl groups is 1. The number of carbonyl (C=O) groups is 2. The number of nitrogens with zero attached hydrogens (tertiary/aromatic N) is 1. The lowest BCUT2D eigenvalue weighted by atomic mass is 10.1. The van der Waals surface area contributed by atoms with Gasteiger partial charge in [0.1, 0.15) is 0 Å². The molecule has 1 aromatic carbocycles. The predicted molar refractivity (Wildman–Crippen MR) is 95.2 cm³/mol. The zero-order valence-corrected chi connectivity index (χ0v) is 15.2. The number of amides is 1. The summed E-state index contributed by atoms with van der Waals surface area (Å²) in [6.45, 7) is 5.34. The number of hydrogen-bond acceptors (Lipinski definition) is 5. The van der Waals surface area contributed by atoms with Crippen molar-refractivity contribution in [3.63, 3.8) is 0 Å². The molecule has 1 amide bonds. The molecule has 1 aromatic rings. The van der Waals surface area contributed by atoms with Gasteiger partial charge in [-0.3, -0.25) is 9.59 Å². The summed E-state index contributed by atoms with van der Waals surface area (Å²) in [5.41, 5.74) is 2.30. The molecule has 0 bridgehead atoms. The van der Waals surface area contributed by atoms with E-state index in [2.05, 4.69) is 0 Å². The van der Waals surface area contributed by atoms with Crippen LogP contribution in [0.3, 0.4) is 0 Å². The van der Waals surface area contributed by atoms with Gasteiger partial charge in [0.2, 0.25) is 5.91 Å². The van der Waals surface area contributed by atoms with Crippen LogP contribution in [0.15, 0.2) is 24.3 Å². The molecule has 0 spiro atoms. The minimum Gasteiger partial charge on any atom is -0.466 e. The summed E-state index contributed by atoms with van der Waals surface area (Å²) >= 11 is 0. The number of esters is 1. The maximum atomic E-state index is 12.5. The first-order valence-electron chi connectivity index (χ1n) is 8.74. The van der Waals surface area contributed by atoms with E-state index in [-0.39, 0.29) is 31.5 Å². The third-order valence-corrected chi connectivity index (χ3v) is 3.73. The molecule has 6 nitrogen and oxygen atoms in total. The molecule has 140 valence electrons. The van der Waals surface area contributed by atoms with Gasteiger partial charge in [-0.15, -0.1) is 0 Å². The highest BCUT2D eigenvalue weighted by Gasteiger charge is 2.15. The topological polar surface area (TPSA) is 76.1 Å². The van der Waals surface area contributed by atoms with Crippen molar-refractivity contribution >= 4 is 11.9 Å². The highest BCUT2D eigenvalue weighted by Crippen LogP contribution is 2.08. The van der Waals surface area contributed by atoms with E-state index < -0.39 is 0 Å². The molecule has 0 aromatic heterocycles. The van der Waals surface area contributed by atoms with E-state index in [0.717, 1.165) is 5.56 Å². The van der Waals surface area contributed by atoms with Crippen LogP contribution in [0.2, 0.25) is 0 Å². The van der Waals surface area contributed by atoms with Crippen molar-refractivity contribution in [1.29, 1.82) is 0 Å². The summed E-state index contributed by atoms with van der Waals surface area (Å²) in [5, 5.41) is 8.74. The van der Waals surface area contributed by atoms with Crippen LogP contribution in [-0.4, -0.2) is 61.4 Å². The number of benzene rings is 1. The third kappa shape index (κ3) is 9.22. The van der Waals surface area contributed by atoms with Gasteiger partial charge in [0, 0.05) is 19.5 Å². The Kier molecular flexibility index (Phi) is 10.5. The summed E-state index contributed by atoms with van der Waals surface area (Å²) in [5.74, 6) is -0.326. The second-order valence-electron chi connectivity index (χ2n) is 5.76. The van der Waals surface area contributed by atoms with Gasteiger partial charge in [0.15, 0.2) is 0 Å². The molecule has 0 heterocycles. The summed E-state index contributed by atoms with van der Waals surface area (Å²) in [6, 6.07) is 8.11. The fourth-order valence-corrected chi connectivity index (χ4v) is 2.33. The quantitative estimate of drug-likeness (QED) is 0.458. The summed E-state index contributed by atoms with van der Waals surface area (Å²) in [6.07, 6.45) is 1.21. The Hall–Kier alpha value is -1.92. The van der Waals surface area contributed by atoms with Gasteiger partial charge in [-0.05, 0) is 25.8 Å². The third-order valence-electron chi connectivity index (χ3n) is 3.73. The minimum absolute atomic E-state index is 0.0162. The van der Waals surface area contributed by atoms with E-state index in [4.69, 9.17) is 14.6 Å². The number of carbonyl (C=O) groups excluding carboxylic acids is 2. The van der Waals surface area contributed by atoms with Crippen LogP contribution in [0.5, 0.6) is 0 Å². The van der Waals surface area contributed by atoms with Gasteiger partial charge < -0.3 is 19.5 Å². The van der Waals surface area contributed by atoms with E-state index in [1.165, 1.54) is 5.56 Å². The largest absolute Gasteiger partial charge is 0.466 e. The highest BCUT2D eigenvalue weighted by atomic mass is 16.5. The van der Waals surface area contributed by atoms with Gasteiger partial charge in [0.05, 0.1) is 32.8 Å². The van der Waals surface area contributed by atoms with Crippen LogP contribution in [-0.2, 0) is 25.5 Å². The Balaban J connectivity index is 2.50. The number of aryl methyl sites for hydroxylation is 2. The monoisotopic (exact) mass is 351 g/mol. The molecule has 1 N–H and O–H groups in total. The molecular weight excluding hydrogens is 322 g/mol. The fraction of sp³-hybridized carbons (Fsp3) is 0.579. The zero-order chi connectivity index (χ0) is 18.5. The first-order valence-corrected chi connectivity index (χ1v) is 8.74. The standard InChI is InChI=1S/C19H29NO5/c1-3-25-19(23)10-11-20(12-14-24-15-13-21)18(22)9-8-17-6-4-16(2)5-7-17/h4-7,21H,3,8-15H2,1-2H3. The lowest BCUT2D eigenvalue weighted by Crippen LogP contribution is -2.36. The lowest BCUT2D eigenvalue weighted by Gasteiger charge is -2.22. The van der Waals surface area contributed by atoms with Gasteiger partial charge in [0.25, 0.3) is 0 Å². The van der Waals surface area contributed by atoms with E-state index in [0.29, 0.717) is 39.1 Å². The zero-order valence-electron chi connectivity index (χ0n) is 15.2. The molecule has 0 aliphatic rings. The molecule has 0 aliphatic heterocycles. The molecule has 0 fully saturated rings. The second kappa shape index (κ2) is 12.4. The number of aliphatic hydroxyl groups excluding tert-OH is 1. The Morgan fingerprint density at radius 3 is 2.44 bits per heavy atom. The fourth-order valence-electron chi connectivity index (χ4n) is 2.33. The first-order chi connectivity index (χ1) is 12.1. The minimum atomic E-state index is -0.310. The van der Waals surface area contributed by atoms with Crippen LogP contribution in [0, 0.1) is 6.92 Å².